The number of allylic oxidation sites excluding steroid dienone is 1. The molecule has 1 heteroatoms. The number of Topliss-reactive ketones (excluding diaryl/α,β-unsaturated/α-hetero) is 1. The molecule has 2 fully saturated rings. The molecule has 0 spiro atoms. The van der Waals surface area contributed by atoms with Crippen LogP contribution in [0, 0.1) is 17.3 Å². The fraction of sp³-hybridized carbons (Fsp3) is 0.526. The Balaban J connectivity index is 1.79. The highest BCUT2D eigenvalue weighted by molar-refractivity contribution is 5.87. The van der Waals surface area contributed by atoms with E-state index in [0.29, 0.717) is 23.5 Å². The van der Waals surface area contributed by atoms with Crippen LogP contribution in [0.4, 0.5) is 0 Å². The van der Waals surface area contributed by atoms with Crippen molar-refractivity contribution in [1.29, 1.82) is 0 Å². The molecule has 1 aromatic carbocycles. The highest BCUT2D eigenvalue weighted by Crippen LogP contribution is 2.60. The molecule has 0 heterocycles. The third-order valence-electron chi connectivity index (χ3n) is 6.37. The van der Waals surface area contributed by atoms with Crippen LogP contribution in [0.3, 0.4) is 0 Å². The van der Waals surface area contributed by atoms with E-state index < -0.39 is 0 Å². The fourth-order valence-corrected chi connectivity index (χ4v) is 5.27. The van der Waals surface area contributed by atoms with E-state index in [9.17, 15) is 4.79 Å². The van der Waals surface area contributed by atoms with Gasteiger partial charge in [-0.3, -0.25) is 4.79 Å². The smallest absolute Gasteiger partial charge is 0.139 e. The van der Waals surface area contributed by atoms with Crippen LogP contribution in [0.5, 0.6) is 0 Å². The van der Waals surface area contributed by atoms with E-state index in [4.69, 9.17) is 0 Å². The van der Waals surface area contributed by atoms with Crippen molar-refractivity contribution in [2.45, 2.75) is 44.9 Å². The maximum absolute atomic E-state index is 12.3. The first kappa shape index (κ1) is 12.4. The molecule has 1 aromatic rings. The maximum Gasteiger partial charge on any atom is 0.139 e. The van der Waals surface area contributed by atoms with E-state index in [1.54, 1.807) is 0 Å². The molecule has 2 saturated carbocycles. The first-order chi connectivity index (χ1) is 9.61. The number of rotatable bonds is 0. The van der Waals surface area contributed by atoms with Gasteiger partial charge in [0, 0.05) is 11.8 Å². The summed E-state index contributed by atoms with van der Waals surface area (Å²) in [4.78, 5) is 12.3. The Morgan fingerprint density at radius 3 is 2.90 bits per heavy atom. The van der Waals surface area contributed by atoms with Gasteiger partial charge in [0.15, 0.2) is 0 Å². The lowest BCUT2D eigenvalue weighted by atomic mass is 9.55. The van der Waals surface area contributed by atoms with Gasteiger partial charge in [-0.1, -0.05) is 37.8 Å². The molecule has 104 valence electrons. The summed E-state index contributed by atoms with van der Waals surface area (Å²) in [6.07, 6.45) is 5.26. The summed E-state index contributed by atoms with van der Waals surface area (Å²) in [5.74, 6) is 2.40. The quantitative estimate of drug-likeness (QED) is 0.671. The van der Waals surface area contributed by atoms with Crippen LogP contribution < -0.4 is 0 Å². The zero-order valence-electron chi connectivity index (χ0n) is 12.2. The Labute approximate surface area is 121 Å². The second-order valence-electron chi connectivity index (χ2n) is 7.19. The summed E-state index contributed by atoms with van der Waals surface area (Å²) in [6, 6.07) is 8.79. The van der Waals surface area contributed by atoms with Gasteiger partial charge in [0.25, 0.3) is 0 Å². The molecule has 0 unspecified atom stereocenters. The van der Waals surface area contributed by atoms with Gasteiger partial charge in [0.05, 0.1) is 0 Å². The Kier molecular flexibility index (Phi) is 2.52. The molecule has 0 bridgehead atoms. The van der Waals surface area contributed by atoms with Gasteiger partial charge in [-0.2, -0.15) is 0 Å². The molecule has 3 aliphatic rings. The molecule has 0 aromatic heterocycles. The standard InChI is InChI=1S/C19H22O/c1-12-11-16-15(14-6-4-3-5-13(12)14)9-10-19(2)17(16)7-8-18(19)20/h3-6,15-17H,1,7-11H2,2H3/t15-,16-,17+,19+/m1/s1. The molecule has 0 N–H and O–H groups in total. The van der Waals surface area contributed by atoms with Crippen molar-refractivity contribution in [3.63, 3.8) is 0 Å². The van der Waals surface area contributed by atoms with Gasteiger partial charge in [0.2, 0.25) is 0 Å². The van der Waals surface area contributed by atoms with E-state index in [1.807, 2.05) is 0 Å². The molecular formula is C19H22O. The third kappa shape index (κ3) is 1.47. The van der Waals surface area contributed by atoms with Crippen molar-refractivity contribution in [2.24, 2.45) is 17.3 Å². The van der Waals surface area contributed by atoms with Crippen LogP contribution in [0.15, 0.2) is 30.8 Å². The summed E-state index contributed by atoms with van der Waals surface area (Å²) >= 11 is 0. The first-order valence-electron chi connectivity index (χ1n) is 7.91. The van der Waals surface area contributed by atoms with Gasteiger partial charge in [0.1, 0.15) is 5.78 Å². The molecule has 4 rings (SSSR count). The Bertz CT molecular complexity index is 600. The Hall–Kier alpha value is -1.37. The van der Waals surface area contributed by atoms with E-state index >= 15 is 0 Å². The van der Waals surface area contributed by atoms with Crippen molar-refractivity contribution in [3.8, 4) is 0 Å². The maximum atomic E-state index is 12.3. The van der Waals surface area contributed by atoms with Crippen molar-refractivity contribution >= 4 is 11.4 Å². The van der Waals surface area contributed by atoms with Crippen molar-refractivity contribution in [3.05, 3.63) is 42.0 Å². The van der Waals surface area contributed by atoms with Gasteiger partial charge >= 0.3 is 0 Å². The number of fused-ring (bicyclic) bond motifs is 5. The monoisotopic (exact) mass is 266 g/mol. The number of carbonyl (C=O) groups is 1. The van der Waals surface area contributed by atoms with Crippen LogP contribution >= 0.6 is 0 Å². The molecule has 0 aliphatic heterocycles. The fourth-order valence-electron chi connectivity index (χ4n) is 5.27. The van der Waals surface area contributed by atoms with Crippen molar-refractivity contribution in [2.75, 3.05) is 0 Å². The van der Waals surface area contributed by atoms with E-state index in [0.717, 1.165) is 25.7 Å². The zero-order chi connectivity index (χ0) is 13.9. The highest BCUT2D eigenvalue weighted by Gasteiger charge is 2.54. The van der Waals surface area contributed by atoms with Crippen molar-refractivity contribution in [1.82, 2.24) is 0 Å². The zero-order valence-corrected chi connectivity index (χ0v) is 12.2. The predicted molar refractivity (Wildman–Crippen MR) is 81.4 cm³/mol. The molecule has 0 amide bonds. The van der Waals surface area contributed by atoms with Gasteiger partial charge in [-0.15, -0.1) is 0 Å². The van der Waals surface area contributed by atoms with Crippen LogP contribution in [0.1, 0.15) is 56.1 Å². The number of hydrogen-bond acceptors (Lipinski definition) is 1. The first-order valence-corrected chi connectivity index (χ1v) is 7.91. The summed E-state index contributed by atoms with van der Waals surface area (Å²) in [6.45, 7) is 6.55. The SMILES string of the molecule is C=C1C[C@@H]2[C@H](CC[C@]3(C)C(=O)CC[C@@H]23)c2ccccc21. The molecule has 1 nitrogen and oxygen atoms in total. The lowest BCUT2D eigenvalue weighted by molar-refractivity contribution is -0.129. The molecule has 3 aliphatic carbocycles. The second-order valence-corrected chi connectivity index (χ2v) is 7.19. The van der Waals surface area contributed by atoms with E-state index in [2.05, 4.69) is 37.8 Å². The second kappa shape index (κ2) is 4.07. The topological polar surface area (TPSA) is 17.1 Å². The minimum Gasteiger partial charge on any atom is -0.299 e. The number of benzene rings is 1. The third-order valence-corrected chi connectivity index (χ3v) is 6.37. The normalized spacial score (nSPS) is 39.1. The minimum absolute atomic E-state index is 0.0340. The predicted octanol–water partition coefficient (Wildman–Crippen LogP) is 4.58. The highest BCUT2D eigenvalue weighted by atomic mass is 16.1. The van der Waals surface area contributed by atoms with Gasteiger partial charge in [-0.05, 0) is 60.1 Å². The summed E-state index contributed by atoms with van der Waals surface area (Å²) in [7, 11) is 0. The van der Waals surface area contributed by atoms with Crippen LogP contribution in [0.25, 0.3) is 5.57 Å². The Morgan fingerprint density at radius 1 is 1.25 bits per heavy atom. The van der Waals surface area contributed by atoms with Crippen molar-refractivity contribution < 1.29 is 4.79 Å². The minimum atomic E-state index is -0.0340. The van der Waals surface area contributed by atoms with Crippen LogP contribution in [0.2, 0.25) is 0 Å². The summed E-state index contributed by atoms with van der Waals surface area (Å²) in [5.41, 5.74) is 4.12. The number of hydrogen-bond donors (Lipinski definition) is 0. The lowest BCUT2D eigenvalue weighted by Crippen LogP contribution is -2.42. The Morgan fingerprint density at radius 2 is 2.05 bits per heavy atom. The number of carbonyl (C=O) groups excluding carboxylic acids is 1. The molecule has 0 radical (unpaired) electrons. The summed E-state index contributed by atoms with van der Waals surface area (Å²) < 4.78 is 0. The lowest BCUT2D eigenvalue weighted by Gasteiger charge is -2.48. The van der Waals surface area contributed by atoms with Gasteiger partial charge < -0.3 is 0 Å². The van der Waals surface area contributed by atoms with E-state index in [1.165, 1.54) is 23.1 Å². The van der Waals surface area contributed by atoms with Gasteiger partial charge in [-0.25, -0.2) is 0 Å². The average Bonchev–Trinajstić information content (AvgIpc) is 2.76. The largest absolute Gasteiger partial charge is 0.299 e. The van der Waals surface area contributed by atoms with Crippen LogP contribution in [-0.2, 0) is 4.79 Å². The van der Waals surface area contributed by atoms with E-state index in [-0.39, 0.29) is 5.41 Å². The molecular weight excluding hydrogens is 244 g/mol. The molecule has 0 saturated heterocycles. The number of ketones is 1. The molecule has 4 atom stereocenters. The van der Waals surface area contributed by atoms with Crippen LogP contribution in [-0.4, -0.2) is 5.78 Å². The average molecular weight is 266 g/mol. The molecule has 20 heavy (non-hydrogen) atoms. The summed E-state index contributed by atoms with van der Waals surface area (Å²) in [5, 5.41) is 0.